The van der Waals surface area contributed by atoms with Gasteiger partial charge < -0.3 is 9.84 Å². The molecule has 4 aromatic rings. The lowest BCUT2D eigenvalue weighted by Crippen LogP contribution is -2.46. The second kappa shape index (κ2) is 8.59. The molecule has 1 aromatic heterocycles. The van der Waals surface area contributed by atoms with Crippen LogP contribution in [0.2, 0.25) is 0 Å². The molecule has 0 bridgehead atoms. The Bertz CT molecular complexity index is 1390. The van der Waals surface area contributed by atoms with Crippen LogP contribution < -0.4 is 10.2 Å². The lowest BCUT2D eigenvalue weighted by atomic mass is 9.94. The van der Waals surface area contributed by atoms with E-state index in [4.69, 9.17) is 4.52 Å². The number of hydrogen-bond donors (Lipinski definition) is 1. The van der Waals surface area contributed by atoms with Gasteiger partial charge in [-0.15, -0.1) is 0 Å². The molecule has 0 aliphatic carbocycles. The lowest BCUT2D eigenvalue weighted by Gasteiger charge is -2.35. The van der Waals surface area contributed by atoms with Crippen molar-refractivity contribution in [3.8, 4) is 11.4 Å². The number of nitrogens with one attached hydrogen (secondary N) is 1. The van der Waals surface area contributed by atoms with Crippen molar-refractivity contribution in [3.05, 3.63) is 107 Å². The molecular formula is C27H23FN4O2. The van der Waals surface area contributed by atoms with E-state index in [1.54, 1.807) is 26.0 Å². The molecule has 0 saturated heterocycles. The fourth-order valence-electron chi connectivity index (χ4n) is 4.10. The van der Waals surface area contributed by atoms with Gasteiger partial charge in [0.15, 0.2) is 0 Å². The van der Waals surface area contributed by atoms with E-state index < -0.39 is 6.04 Å². The summed E-state index contributed by atoms with van der Waals surface area (Å²) >= 11 is 0. The summed E-state index contributed by atoms with van der Waals surface area (Å²) in [5.41, 5.74) is 4.96. The van der Waals surface area contributed by atoms with Crippen LogP contribution in [0.3, 0.4) is 0 Å². The first-order chi connectivity index (χ1) is 16.4. The largest absolute Gasteiger partial charge is 0.334 e. The molecular weight excluding hydrogens is 431 g/mol. The van der Waals surface area contributed by atoms with Gasteiger partial charge in [0.05, 0.1) is 17.3 Å². The molecule has 1 atom stereocenters. The number of carbonyl (C=O) groups excluding carboxylic acids is 1. The quantitative estimate of drug-likeness (QED) is 0.399. The number of benzene rings is 3. The normalized spacial score (nSPS) is 16.1. The van der Waals surface area contributed by atoms with Crippen LogP contribution in [0.25, 0.3) is 17.0 Å². The first kappa shape index (κ1) is 21.6. The number of urea groups is 1. The summed E-state index contributed by atoms with van der Waals surface area (Å²) in [5.74, 6) is 0.354. The van der Waals surface area contributed by atoms with Crippen molar-refractivity contribution < 1.29 is 13.7 Å². The first-order valence-electron chi connectivity index (χ1n) is 11.0. The van der Waals surface area contributed by atoms with Gasteiger partial charge in [-0.3, -0.25) is 4.90 Å². The number of carbonyl (C=O) groups is 1. The monoisotopic (exact) mass is 454 g/mol. The molecule has 1 unspecified atom stereocenters. The van der Waals surface area contributed by atoms with Gasteiger partial charge in [-0.05, 0) is 44.0 Å². The molecule has 1 N–H and O–H groups in total. The van der Waals surface area contributed by atoms with E-state index in [9.17, 15) is 9.18 Å². The second-order valence-corrected chi connectivity index (χ2v) is 8.35. The molecule has 1 aliphatic rings. The summed E-state index contributed by atoms with van der Waals surface area (Å²) in [6.07, 6.45) is 0. The number of halogens is 1. The number of rotatable bonds is 4. The zero-order valence-electron chi connectivity index (χ0n) is 19.0. The Morgan fingerprint density at radius 1 is 0.971 bits per heavy atom. The van der Waals surface area contributed by atoms with E-state index in [1.165, 1.54) is 11.0 Å². The minimum absolute atomic E-state index is 0.291. The number of anilines is 1. The van der Waals surface area contributed by atoms with Crippen molar-refractivity contribution in [1.82, 2.24) is 15.5 Å². The standard InChI is InChI=1S/C27H23FN4O2/c1-16-9-12-19(13-10-16)24-23(26-30-25(31-34-26)20-7-5-4-6-8-20)18(3)32(27(33)29-24)21-14-11-17(2)22(28)15-21/h4-15,24H,1-3H3,(H,29,33). The van der Waals surface area contributed by atoms with Crippen LogP contribution in [-0.4, -0.2) is 16.2 Å². The predicted molar refractivity (Wildman–Crippen MR) is 128 cm³/mol. The highest BCUT2D eigenvalue weighted by Crippen LogP contribution is 2.39. The van der Waals surface area contributed by atoms with Crippen molar-refractivity contribution >= 4 is 17.3 Å². The van der Waals surface area contributed by atoms with Gasteiger partial charge in [-0.2, -0.15) is 4.98 Å². The number of allylic oxidation sites excluding steroid dienone is 1. The average Bonchev–Trinajstić information content (AvgIpc) is 3.32. The van der Waals surface area contributed by atoms with E-state index >= 15 is 0 Å². The lowest BCUT2D eigenvalue weighted by molar-refractivity contribution is 0.244. The molecule has 2 heterocycles. The maximum atomic E-state index is 14.4. The van der Waals surface area contributed by atoms with Gasteiger partial charge in [0.1, 0.15) is 5.82 Å². The van der Waals surface area contributed by atoms with Crippen molar-refractivity contribution in [2.45, 2.75) is 26.8 Å². The molecule has 6 nitrogen and oxygen atoms in total. The van der Waals surface area contributed by atoms with Crippen LogP contribution in [0.5, 0.6) is 0 Å². The third kappa shape index (κ3) is 3.85. The second-order valence-electron chi connectivity index (χ2n) is 8.35. The van der Waals surface area contributed by atoms with Gasteiger partial charge in [-0.25, -0.2) is 9.18 Å². The third-order valence-corrected chi connectivity index (χ3v) is 6.00. The predicted octanol–water partition coefficient (Wildman–Crippen LogP) is 6.19. The smallest absolute Gasteiger partial charge is 0.327 e. The number of hydrogen-bond acceptors (Lipinski definition) is 4. The van der Waals surface area contributed by atoms with E-state index in [1.807, 2.05) is 61.5 Å². The van der Waals surface area contributed by atoms with Gasteiger partial charge in [0.2, 0.25) is 5.82 Å². The van der Waals surface area contributed by atoms with Crippen LogP contribution in [0.1, 0.15) is 35.5 Å². The SMILES string of the molecule is CC1=C(c2nc(-c3ccccc3)no2)C(c2ccc(C)cc2)NC(=O)N1c1ccc(C)c(F)c1. The van der Waals surface area contributed by atoms with E-state index in [2.05, 4.69) is 15.5 Å². The van der Waals surface area contributed by atoms with Crippen molar-refractivity contribution in [2.75, 3.05) is 4.90 Å². The summed E-state index contributed by atoms with van der Waals surface area (Å²) < 4.78 is 20.1. The minimum atomic E-state index is -0.510. The molecule has 0 radical (unpaired) electrons. The summed E-state index contributed by atoms with van der Waals surface area (Å²) in [4.78, 5) is 19.3. The van der Waals surface area contributed by atoms with Crippen LogP contribution in [-0.2, 0) is 0 Å². The minimum Gasteiger partial charge on any atom is -0.334 e. The number of nitrogens with zero attached hydrogens (tertiary/aromatic N) is 3. The van der Waals surface area contributed by atoms with Crippen LogP contribution in [0.4, 0.5) is 14.9 Å². The van der Waals surface area contributed by atoms with Gasteiger partial charge >= 0.3 is 6.03 Å². The first-order valence-corrected chi connectivity index (χ1v) is 11.0. The molecule has 0 saturated carbocycles. The van der Waals surface area contributed by atoms with Crippen LogP contribution >= 0.6 is 0 Å². The zero-order chi connectivity index (χ0) is 23.8. The van der Waals surface area contributed by atoms with Gasteiger partial charge in [-0.1, -0.05) is 71.4 Å². The Labute approximate surface area is 196 Å². The highest BCUT2D eigenvalue weighted by atomic mass is 19.1. The Balaban J connectivity index is 1.66. The molecule has 1 aliphatic heterocycles. The molecule has 170 valence electrons. The summed E-state index contributed by atoms with van der Waals surface area (Å²) in [7, 11) is 0. The van der Waals surface area contributed by atoms with Crippen molar-refractivity contribution in [3.63, 3.8) is 0 Å². The maximum absolute atomic E-state index is 14.4. The van der Waals surface area contributed by atoms with Gasteiger partial charge in [0, 0.05) is 11.3 Å². The van der Waals surface area contributed by atoms with Gasteiger partial charge in [0.25, 0.3) is 5.89 Å². The Hall–Kier alpha value is -4.26. The highest BCUT2D eigenvalue weighted by Gasteiger charge is 2.36. The molecule has 34 heavy (non-hydrogen) atoms. The summed E-state index contributed by atoms with van der Waals surface area (Å²) in [6.45, 7) is 5.49. The fourth-order valence-corrected chi connectivity index (χ4v) is 4.10. The van der Waals surface area contributed by atoms with E-state index in [-0.39, 0.29) is 11.8 Å². The highest BCUT2D eigenvalue weighted by molar-refractivity contribution is 6.01. The summed E-state index contributed by atoms with van der Waals surface area (Å²) in [6, 6.07) is 21.3. The maximum Gasteiger partial charge on any atom is 0.327 e. The van der Waals surface area contributed by atoms with Crippen molar-refractivity contribution in [2.24, 2.45) is 0 Å². The Morgan fingerprint density at radius 2 is 1.71 bits per heavy atom. The number of amides is 2. The molecule has 2 amide bonds. The Morgan fingerprint density at radius 3 is 2.41 bits per heavy atom. The number of aryl methyl sites for hydroxylation is 2. The van der Waals surface area contributed by atoms with Crippen molar-refractivity contribution in [1.29, 1.82) is 0 Å². The fraction of sp³-hybridized carbons (Fsp3) is 0.148. The van der Waals surface area contributed by atoms with Crippen LogP contribution in [0, 0.1) is 19.7 Å². The average molecular weight is 455 g/mol. The third-order valence-electron chi connectivity index (χ3n) is 6.00. The Kier molecular flexibility index (Phi) is 5.45. The van der Waals surface area contributed by atoms with Crippen LogP contribution in [0.15, 0.2) is 83.0 Å². The molecule has 0 fully saturated rings. The van der Waals surface area contributed by atoms with E-state index in [0.717, 1.165) is 16.7 Å². The molecule has 5 rings (SSSR count). The molecule has 0 spiro atoms. The topological polar surface area (TPSA) is 71.3 Å². The molecule has 7 heteroatoms. The zero-order valence-corrected chi connectivity index (χ0v) is 19.0. The molecule has 3 aromatic carbocycles. The van der Waals surface area contributed by atoms with E-state index in [0.29, 0.717) is 34.2 Å². The summed E-state index contributed by atoms with van der Waals surface area (Å²) in [5, 5.41) is 7.21. The number of aromatic nitrogens is 2.